The van der Waals surface area contributed by atoms with Crippen LogP contribution in [0.1, 0.15) is 24.8 Å². The van der Waals surface area contributed by atoms with Gasteiger partial charge in [-0.1, -0.05) is 34.1 Å². The fourth-order valence-electron chi connectivity index (χ4n) is 4.89. The normalized spacial score (nSPS) is 41.8. The van der Waals surface area contributed by atoms with Gasteiger partial charge in [-0.05, 0) is 66.9 Å². The second-order valence-electron chi connectivity index (χ2n) is 6.38. The molecule has 5 unspecified atom stereocenters. The zero-order valence-corrected chi connectivity index (χ0v) is 11.9. The third-order valence-electron chi connectivity index (χ3n) is 5.59. The van der Waals surface area contributed by atoms with Crippen molar-refractivity contribution in [2.45, 2.75) is 30.5 Å². The lowest BCUT2D eigenvalue weighted by atomic mass is 9.97. The highest BCUT2D eigenvalue weighted by atomic mass is 79.9. The predicted molar refractivity (Wildman–Crippen MR) is 74.1 cm³/mol. The summed E-state index contributed by atoms with van der Waals surface area (Å²) in [4.78, 5) is 0.479. The molecule has 0 heterocycles. The van der Waals surface area contributed by atoms with E-state index in [0.29, 0.717) is 4.83 Å². The van der Waals surface area contributed by atoms with Crippen molar-refractivity contribution < 1.29 is 4.39 Å². The van der Waals surface area contributed by atoms with Gasteiger partial charge in [-0.15, -0.1) is 0 Å². The molecule has 0 aromatic heterocycles. The average Bonchev–Trinajstić information content (AvgIpc) is 2.82. The monoisotopic (exact) mass is 308 g/mol. The maximum Gasteiger partial charge on any atom is 0.126 e. The molecule has 18 heavy (non-hydrogen) atoms. The molecule has 0 radical (unpaired) electrons. The molecule has 0 N–H and O–H groups in total. The number of alkyl halides is 1. The molecule has 3 fully saturated rings. The highest BCUT2D eigenvalue weighted by Crippen LogP contribution is 2.71. The Bertz CT molecular complexity index is 456. The Hall–Kier alpha value is -0.370. The average molecular weight is 309 g/mol. The molecular weight excluding hydrogens is 291 g/mol. The van der Waals surface area contributed by atoms with Crippen LogP contribution in [0.5, 0.6) is 0 Å². The van der Waals surface area contributed by atoms with Gasteiger partial charge in [0, 0.05) is 4.83 Å². The van der Waals surface area contributed by atoms with Crippen LogP contribution in [0.4, 0.5) is 4.39 Å². The van der Waals surface area contributed by atoms with Crippen molar-refractivity contribution in [3.05, 3.63) is 35.6 Å². The Morgan fingerprint density at radius 3 is 2.50 bits per heavy atom. The molecule has 1 aromatic carbocycles. The number of hydrogen-bond donors (Lipinski definition) is 0. The third-order valence-corrected chi connectivity index (χ3v) is 6.52. The van der Waals surface area contributed by atoms with E-state index in [-0.39, 0.29) is 5.82 Å². The SMILES string of the molecule is Fc1ccccc1CC(Br)C1C2C3CCC(C3)C12. The first-order valence-corrected chi connectivity index (χ1v) is 8.05. The molecule has 0 spiro atoms. The van der Waals surface area contributed by atoms with Crippen LogP contribution >= 0.6 is 15.9 Å². The second-order valence-corrected chi connectivity index (χ2v) is 7.55. The molecule has 0 saturated heterocycles. The lowest BCUT2D eigenvalue weighted by molar-refractivity contribution is 0.453. The van der Waals surface area contributed by atoms with Gasteiger partial charge in [-0.3, -0.25) is 0 Å². The summed E-state index contributed by atoms with van der Waals surface area (Å²) < 4.78 is 13.7. The smallest absolute Gasteiger partial charge is 0.126 e. The van der Waals surface area contributed by atoms with E-state index >= 15 is 0 Å². The molecule has 4 rings (SSSR count). The summed E-state index contributed by atoms with van der Waals surface area (Å²) in [5, 5.41) is 0. The van der Waals surface area contributed by atoms with E-state index < -0.39 is 0 Å². The predicted octanol–water partition coefficient (Wildman–Crippen LogP) is 4.42. The molecule has 0 aliphatic heterocycles. The van der Waals surface area contributed by atoms with Crippen molar-refractivity contribution >= 4 is 15.9 Å². The van der Waals surface area contributed by atoms with Crippen LogP contribution < -0.4 is 0 Å². The van der Waals surface area contributed by atoms with E-state index in [2.05, 4.69) is 15.9 Å². The zero-order valence-electron chi connectivity index (χ0n) is 10.4. The lowest BCUT2D eigenvalue weighted by Crippen LogP contribution is -2.13. The van der Waals surface area contributed by atoms with Crippen molar-refractivity contribution in [1.29, 1.82) is 0 Å². The standard InChI is InChI=1S/C16H18BrF/c17-12(8-9-3-1-2-4-13(9)18)16-14-10-5-6-11(7-10)15(14)16/h1-4,10-12,14-16H,5-8H2. The van der Waals surface area contributed by atoms with Crippen LogP contribution in [0.2, 0.25) is 0 Å². The molecule has 2 bridgehead atoms. The Morgan fingerprint density at radius 1 is 1.17 bits per heavy atom. The maximum atomic E-state index is 13.7. The van der Waals surface area contributed by atoms with E-state index in [9.17, 15) is 4.39 Å². The topological polar surface area (TPSA) is 0 Å². The minimum absolute atomic E-state index is 0.0456. The van der Waals surface area contributed by atoms with Gasteiger partial charge in [0.1, 0.15) is 5.82 Å². The lowest BCUT2D eigenvalue weighted by Gasteiger charge is -2.15. The third kappa shape index (κ3) is 1.61. The second kappa shape index (κ2) is 4.06. The van der Waals surface area contributed by atoms with Gasteiger partial charge in [0.15, 0.2) is 0 Å². The number of fused-ring (bicyclic) bond motifs is 5. The number of rotatable bonds is 3. The molecular formula is C16H18BrF. The van der Waals surface area contributed by atoms with Gasteiger partial charge >= 0.3 is 0 Å². The number of hydrogen-bond acceptors (Lipinski definition) is 0. The number of benzene rings is 1. The van der Waals surface area contributed by atoms with Crippen LogP contribution in [0.25, 0.3) is 0 Å². The van der Waals surface area contributed by atoms with Gasteiger partial charge in [0.05, 0.1) is 0 Å². The van der Waals surface area contributed by atoms with Crippen LogP contribution in [0.3, 0.4) is 0 Å². The van der Waals surface area contributed by atoms with E-state index in [0.717, 1.165) is 41.6 Å². The molecule has 0 amide bonds. The summed E-state index contributed by atoms with van der Waals surface area (Å²) in [6, 6.07) is 7.21. The van der Waals surface area contributed by atoms with Gasteiger partial charge in [-0.2, -0.15) is 0 Å². The van der Waals surface area contributed by atoms with Gasteiger partial charge in [-0.25, -0.2) is 4.39 Å². The molecule has 3 aliphatic carbocycles. The highest BCUT2D eigenvalue weighted by molar-refractivity contribution is 9.09. The Morgan fingerprint density at radius 2 is 1.83 bits per heavy atom. The van der Waals surface area contributed by atoms with Gasteiger partial charge in [0.25, 0.3) is 0 Å². The Labute approximate surface area is 116 Å². The van der Waals surface area contributed by atoms with Gasteiger partial charge in [0.2, 0.25) is 0 Å². The summed E-state index contributed by atoms with van der Waals surface area (Å²) in [6.45, 7) is 0. The van der Waals surface area contributed by atoms with Crippen LogP contribution in [-0.2, 0) is 6.42 Å². The first kappa shape index (κ1) is 11.5. The Kier molecular flexibility index (Phi) is 2.58. The fourth-order valence-corrected chi connectivity index (χ4v) is 5.94. The highest BCUT2D eigenvalue weighted by Gasteiger charge is 2.66. The first-order chi connectivity index (χ1) is 8.75. The summed E-state index contributed by atoms with van der Waals surface area (Å²) in [5.74, 6) is 4.74. The van der Waals surface area contributed by atoms with Crippen molar-refractivity contribution in [1.82, 2.24) is 0 Å². The van der Waals surface area contributed by atoms with Crippen molar-refractivity contribution in [3.8, 4) is 0 Å². The molecule has 0 nitrogen and oxygen atoms in total. The molecule has 3 saturated carbocycles. The van der Waals surface area contributed by atoms with Crippen LogP contribution in [-0.4, -0.2) is 4.83 Å². The number of halogens is 2. The molecule has 2 heteroatoms. The summed E-state index contributed by atoms with van der Waals surface area (Å²) >= 11 is 3.85. The van der Waals surface area contributed by atoms with E-state index in [4.69, 9.17) is 0 Å². The summed E-state index contributed by atoms with van der Waals surface area (Å²) in [7, 11) is 0. The van der Waals surface area contributed by atoms with Crippen LogP contribution in [0.15, 0.2) is 24.3 Å². The zero-order chi connectivity index (χ0) is 12.3. The molecule has 1 aromatic rings. The quantitative estimate of drug-likeness (QED) is 0.725. The van der Waals surface area contributed by atoms with Crippen molar-refractivity contribution in [2.75, 3.05) is 0 Å². The molecule has 5 atom stereocenters. The van der Waals surface area contributed by atoms with Gasteiger partial charge < -0.3 is 0 Å². The van der Waals surface area contributed by atoms with E-state index in [1.165, 1.54) is 19.3 Å². The minimum Gasteiger partial charge on any atom is -0.207 e. The molecule has 3 aliphatic rings. The van der Waals surface area contributed by atoms with E-state index in [1.807, 2.05) is 12.1 Å². The largest absolute Gasteiger partial charge is 0.207 e. The maximum absolute atomic E-state index is 13.7. The van der Waals surface area contributed by atoms with E-state index in [1.54, 1.807) is 12.1 Å². The van der Waals surface area contributed by atoms with Crippen molar-refractivity contribution in [3.63, 3.8) is 0 Å². The van der Waals surface area contributed by atoms with Crippen LogP contribution in [0, 0.1) is 35.4 Å². The minimum atomic E-state index is -0.0456. The van der Waals surface area contributed by atoms with Crippen molar-refractivity contribution in [2.24, 2.45) is 29.6 Å². The summed E-state index contributed by atoms with van der Waals surface area (Å²) in [5.41, 5.74) is 0.872. The summed E-state index contributed by atoms with van der Waals surface area (Å²) in [6.07, 6.45) is 5.26. The molecule has 96 valence electrons. The Balaban J connectivity index is 1.47. The first-order valence-electron chi connectivity index (χ1n) is 7.13. The fraction of sp³-hybridized carbons (Fsp3) is 0.625.